The third-order valence-electron chi connectivity index (χ3n) is 3.65. The molecule has 0 aliphatic heterocycles. The molecule has 7 heteroatoms. The summed E-state index contributed by atoms with van der Waals surface area (Å²) in [5.74, 6) is -1.78. The summed E-state index contributed by atoms with van der Waals surface area (Å²) in [5, 5.41) is 13.3. The van der Waals surface area contributed by atoms with Crippen LogP contribution in [0.2, 0.25) is 0 Å². The summed E-state index contributed by atoms with van der Waals surface area (Å²) < 4.78 is 28.4. The molecule has 0 bridgehead atoms. The van der Waals surface area contributed by atoms with Gasteiger partial charge in [-0.05, 0) is 26.0 Å². The van der Waals surface area contributed by atoms with Gasteiger partial charge in [-0.2, -0.15) is 5.10 Å². The van der Waals surface area contributed by atoms with Crippen LogP contribution in [0.25, 0.3) is 5.69 Å². The first-order chi connectivity index (χ1) is 11.4. The van der Waals surface area contributed by atoms with Gasteiger partial charge in [-0.3, -0.25) is 4.79 Å². The van der Waals surface area contributed by atoms with Crippen LogP contribution in [0, 0.1) is 25.5 Å². The number of carbonyl (C=O) groups excluding carboxylic acids is 1. The smallest absolute Gasteiger partial charge is 0.257 e. The molecule has 1 aromatic carbocycles. The molecular weight excluding hydrogens is 316 g/mol. The minimum Gasteiger partial charge on any atom is -0.395 e. The molecule has 0 spiro atoms. The quantitative estimate of drug-likeness (QED) is 0.825. The largest absolute Gasteiger partial charge is 0.395 e. The number of carbonyl (C=O) groups is 1. The fourth-order valence-electron chi connectivity index (χ4n) is 2.55. The summed E-state index contributed by atoms with van der Waals surface area (Å²) in [4.78, 5) is 14.1. The van der Waals surface area contributed by atoms with E-state index in [4.69, 9.17) is 5.11 Å². The third kappa shape index (κ3) is 3.35. The van der Waals surface area contributed by atoms with E-state index in [2.05, 4.69) is 11.7 Å². The lowest BCUT2D eigenvalue weighted by molar-refractivity contribution is 0.0741. The van der Waals surface area contributed by atoms with Crippen molar-refractivity contribution in [3.05, 3.63) is 59.4 Å². The Hall–Kier alpha value is -2.54. The van der Waals surface area contributed by atoms with Crippen molar-refractivity contribution in [1.29, 1.82) is 0 Å². The number of nitrogens with zero attached hydrogens (tertiary/aromatic N) is 3. The van der Waals surface area contributed by atoms with E-state index >= 15 is 0 Å². The minimum absolute atomic E-state index is 0.0634. The second kappa shape index (κ2) is 7.35. The summed E-state index contributed by atoms with van der Waals surface area (Å²) >= 11 is 0. The predicted octanol–water partition coefficient (Wildman–Crippen LogP) is 2.39. The molecule has 0 aliphatic carbocycles. The van der Waals surface area contributed by atoms with Crippen molar-refractivity contribution >= 4 is 5.91 Å². The van der Waals surface area contributed by atoms with Crippen LogP contribution in [-0.2, 0) is 0 Å². The molecule has 0 unspecified atom stereocenters. The van der Waals surface area contributed by atoms with Crippen LogP contribution in [0.5, 0.6) is 0 Å². The highest BCUT2D eigenvalue weighted by Crippen LogP contribution is 2.22. The summed E-state index contributed by atoms with van der Waals surface area (Å²) in [5.41, 5.74) is 1.26. The van der Waals surface area contributed by atoms with Crippen molar-refractivity contribution < 1.29 is 18.7 Å². The van der Waals surface area contributed by atoms with Gasteiger partial charge in [-0.15, -0.1) is 6.58 Å². The summed E-state index contributed by atoms with van der Waals surface area (Å²) in [6.45, 7) is 7.12. The molecule has 0 atom stereocenters. The van der Waals surface area contributed by atoms with Crippen molar-refractivity contribution in [3.8, 4) is 5.69 Å². The van der Waals surface area contributed by atoms with Crippen LogP contribution in [0.4, 0.5) is 8.78 Å². The van der Waals surface area contributed by atoms with Gasteiger partial charge in [0.15, 0.2) is 5.82 Å². The van der Waals surface area contributed by atoms with E-state index < -0.39 is 11.6 Å². The normalized spacial score (nSPS) is 10.7. The maximum atomic E-state index is 14.0. The van der Waals surface area contributed by atoms with Crippen LogP contribution >= 0.6 is 0 Å². The van der Waals surface area contributed by atoms with Crippen LogP contribution in [0.3, 0.4) is 0 Å². The number of aliphatic hydroxyl groups is 1. The number of amides is 1. The molecule has 0 saturated heterocycles. The highest BCUT2D eigenvalue weighted by atomic mass is 19.1. The molecule has 0 saturated carbocycles. The van der Waals surface area contributed by atoms with Gasteiger partial charge in [-0.1, -0.05) is 6.08 Å². The zero-order chi connectivity index (χ0) is 17.9. The number of hydrogen-bond acceptors (Lipinski definition) is 3. The fraction of sp³-hybridized carbons (Fsp3) is 0.294. The molecule has 1 amide bonds. The maximum Gasteiger partial charge on any atom is 0.257 e. The van der Waals surface area contributed by atoms with Crippen LogP contribution in [-0.4, -0.2) is 45.4 Å². The summed E-state index contributed by atoms with van der Waals surface area (Å²) in [7, 11) is 0. The first-order valence-electron chi connectivity index (χ1n) is 7.43. The molecule has 24 heavy (non-hydrogen) atoms. The fourth-order valence-corrected chi connectivity index (χ4v) is 2.55. The first-order valence-corrected chi connectivity index (χ1v) is 7.43. The van der Waals surface area contributed by atoms with Crippen molar-refractivity contribution in [2.24, 2.45) is 0 Å². The highest BCUT2D eigenvalue weighted by Gasteiger charge is 2.24. The number of hydrogen-bond donors (Lipinski definition) is 1. The number of aromatic nitrogens is 2. The van der Waals surface area contributed by atoms with Crippen molar-refractivity contribution in [2.75, 3.05) is 19.7 Å². The lowest BCUT2D eigenvalue weighted by atomic mass is 10.1. The molecule has 5 nitrogen and oxygen atoms in total. The van der Waals surface area contributed by atoms with E-state index in [1.165, 1.54) is 15.6 Å². The third-order valence-corrected chi connectivity index (χ3v) is 3.65. The van der Waals surface area contributed by atoms with E-state index in [9.17, 15) is 13.6 Å². The number of benzene rings is 1. The Bertz CT molecular complexity index is 771. The first kappa shape index (κ1) is 17.8. The molecule has 128 valence electrons. The molecule has 2 rings (SSSR count). The molecule has 1 N–H and O–H groups in total. The Morgan fingerprint density at radius 3 is 2.71 bits per heavy atom. The number of halogens is 2. The molecular formula is C17H19F2N3O2. The van der Waals surface area contributed by atoms with E-state index in [-0.39, 0.29) is 31.3 Å². The topological polar surface area (TPSA) is 58.4 Å². The summed E-state index contributed by atoms with van der Waals surface area (Å²) in [6.07, 6.45) is 1.56. The van der Waals surface area contributed by atoms with Crippen LogP contribution < -0.4 is 0 Å². The van der Waals surface area contributed by atoms with Crippen molar-refractivity contribution in [2.45, 2.75) is 13.8 Å². The Balaban J connectivity index is 2.48. The van der Waals surface area contributed by atoms with E-state index in [0.717, 1.165) is 12.1 Å². The molecule has 0 radical (unpaired) electrons. The second-order valence-electron chi connectivity index (χ2n) is 5.32. The molecule has 1 aromatic heterocycles. The van der Waals surface area contributed by atoms with Crippen molar-refractivity contribution in [1.82, 2.24) is 14.7 Å². The van der Waals surface area contributed by atoms with Gasteiger partial charge in [0.2, 0.25) is 0 Å². The second-order valence-corrected chi connectivity index (χ2v) is 5.32. The van der Waals surface area contributed by atoms with Gasteiger partial charge in [0.1, 0.15) is 11.5 Å². The highest BCUT2D eigenvalue weighted by molar-refractivity contribution is 5.96. The standard InChI is InChI=1S/C17H19F2N3O2/c1-4-7-21(8-9-23)17(24)16-11(2)20-22(12(16)3)15-6-5-13(18)10-14(15)19/h4-6,10,23H,1,7-9H2,2-3H3. The van der Waals surface area contributed by atoms with Crippen LogP contribution in [0.15, 0.2) is 30.9 Å². The average Bonchev–Trinajstić information content (AvgIpc) is 2.81. The van der Waals surface area contributed by atoms with Gasteiger partial charge in [0.25, 0.3) is 5.91 Å². The van der Waals surface area contributed by atoms with Gasteiger partial charge in [0.05, 0.1) is 23.6 Å². The maximum absolute atomic E-state index is 14.0. The van der Waals surface area contributed by atoms with E-state index in [0.29, 0.717) is 17.0 Å². The monoisotopic (exact) mass is 335 g/mol. The molecule has 1 heterocycles. The van der Waals surface area contributed by atoms with Gasteiger partial charge in [0, 0.05) is 19.2 Å². The van der Waals surface area contributed by atoms with Crippen LogP contribution in [0.1, 0.15) is 21.7 Å². The zero-order valence-electron chi connectivity index (χ0n) is 13.6. The van der Waals surface area contributed by atoms with E-state index in [1.54, 1.807) is 19.9 Å². The average molecular weight is 335 g/mol. The molecule has 2 aromatic rings. The SMILES string of the molecule is C=CCN(CCO)C(=O)c1c(C)nn(-c2ccc(F)cc2F)c1C. The van der Waals surface area contributed by atoms with Gasteiger partial charge in [-0.25, -0.2) is 13.5 Å². The Morgan fingerprint density at radius 1 is 1.42 bits per heavy atom. The Labute approximate surface area is 138 Å². The Kier molecular flexibility index (Phi) is 5.46. The lowest BCUT2D eigenvalue weighted by Crippen LogP contribution is -2.34. The van der Waals surface area contributed by atoms with Gasteiger partial charge < -0.3 is 10.0 Å². The number of aryl methyl sites for hydroxylation is 1. The number of rotatable bonds is 6. The lowest BCUT2D eigenvalue weighted by Gasteiger charge is -2.20. The predicted molar refractivity (Wildman–Crippen MR) is 86.1 cm³/mol. The molecule has 0 fully saturated rings. The van der Waals surface area contributed by atoms with E-state index in [1.807, 2.05) is 0 Å². The summed E-state index contributed by atoms with van der Waals surface area (Å²) in [6, 6.07) is 3.17. The zero-order valence-corrected chi connectivity index (χ0v) is 13.6. The van der Waals surface area contributed by atoms with Crippen molar-refractivity contribution in [3.63, 3.8) is 0 Å². The minimum atomic E-state index is -0.766. The molecule has 0 aliphatic rings. The Morgan fingerprint density at radius 2 is 2.12 bits per heavy atom. The van der Waals surface area contributed by atoms with Gasteiger partial charge >= 0.3 is 0 Å². The number of aliphatic hydroxyl groups excluding tert-OH is 1.